The summed E-state index contributed by atoms with van der Waals surface area (Å²) < 4.78 is 23.6. The minimum atomic E-state index is -3.15. The second-order valence-corrected chi connectivity index (χ2v) is 8.26. The van der Waals surface area contributed by atoms with Crippen LogP contribution in [0.15, 0.2) is 41.6 Å². The zero-order chi connectivity index (χ0) is 18.0. The lowest BCUT2D eigenvalue weighted by atomic mass is 10.2. The maximum absolute atomic E-state index is 12.1. The van der Waals surface area contributed by atoms with E-state index in [4.69, 9.17) is 5.73 Å². The molecule has 1 aliphatic heterocycles. The van der Waals surface area contributed by atoms with Crippen molar-refractivity contribution in [2.75, 3.05) is 26.2 Å². The third-order valence-corrected chi connectivity index (χ3v) is 6.48. The molecule has 1 aromatic carbocycles. The lowest BCUT2D eigenvalue weighted by Gasteiger charge is -2.43. The molecule has 7 nitrogen and oxygen atoms in total. The Kier molecular flexibility index (Phi) is 5.26. The van der Waals surface area contributed by atoms with Crippen molar-refractivity contribution in [1.82, 2.24) is 14.2 Å². The van der Waals surface area contributed by atoms with Gasteiger partial charge in [0, 0.05) is 49.3 Å². The molecule has 2 aromatic rings. The summed E-state index contributed by atoms with van der Waals surface area (Å²) in [5.74, 6) is -0.102. The molecule has 0 bridgehead atoms. The summed E-state index contributed by atoms with van der Waals surface area (Å²) >= 11 is 0. The molecule has 8 heteroatoms. The van der Waals surface area contributed by atoms with Gasteiger partial charge in [-0.1, -0.05) is 12.1 Å². The SMILES string of the molecule is C[C@H](N)C(=O)N1CCCN(S(O)(O)c2cccc3cnccc23)CC1. The fourth-order valence-corrected chi connectivity index (χ4v) is 4.87. The Morgan fingerprint density at radius 1 is 1.24 bits per heavy atom. The summed E-state index contributed by atoms with van der Waals surface area (Å²) in [6.45, 7) is 3.58. The van der Waals surface area contributed by atoms with Crippen molar-refractivity contribution in [3.05, 3.63) is 36.7 Å². The number of rotatable bonds is 3. The summed E-state index contributed by atoms with van der Waals surface area (Å²) in [6.07, 6.45) is 4.02. The number of hydrogen-bond donors (Lipinski definition) is 3. The van der Waals surface area contributed by atoms with Crippen molar-refractivity contribution in [2.24, 2.45) is 5.73 Å². The van der Waals surface area contributed by atoms with E-state index in [1.54, 1.807) is 46.7 Å². The van der Waals surface area contributed by atoms with Crippen molar-refractivity contribution < 1.29 is 13.9 Å². The fraction of sp³-hybridized carbons (Fsp3) is 0.412. The molecule has 25 heavy (non-hydrogen) atoms. The van der Waals surface area contributed by atoms with Crippen LogP contribution in [-0.2, 0) is 4.79 Å². The van der Waals surface area contributed by atoms with Crippen LogP contribution in [0.4, 0.5) is 0 Å². The molecule has 1 saturated heterocycles. The molecule has 136 valence electrons. The molecule has 2 heterocycles. The Morgan fingerprint density at radius 2 is 2.04 bits per heavy atom. The molecular weight excluding hydrogens is 340 g/mol. The first-order chi connectivity index (χ1) is 11.9. The summed E-state index contributed by atoms with van der Waals surface area (Å²) in [4.78, 5) is 18.4. The number of aromatic nitrogens is 1. The smallest absolute Gasteiger partial charge is 0.239 e. The minimum Gasteiger partial charge on any atom is -0.340 e. The number of amides is 1. The summed E-state index contributed by atoms with van der Waals surface area (Å²) in [5, 5.41) is 1.65. The molecule has 0 unspecified atom stereocenters. The second kappa shape index (κ2) is 7.27. The van der Waals surface area contributed by atoms with Crippen LogP contribution in [0.5, 0.6) is 0 Å². The van der Waals surface area contributed by atoms with Gasteiger partial charge in [-0.05, 0) is 25.5 Å². The molecule has 1 fully saturated rings. The first-order valence-corrected chi connectivity index (χ1v) is 9.82. The Labute approximate surface area is 148 Å². The Balaban J connectivity index is 1.86. The van der Waals surface area contributed by atoms with Gasteiger partial charge in [0.05, 0.1) is 10.9 Å². The molecule has 0 saturated carbocycles. The van der Waals surface area contributed by atoms with Gasteiger partial charge < -0.3 is 10.6 Å². The van der Waals surface area contributed by atoms with Crippen LogP contribution < -0.4 is 5.73 Å². The number of carbonyl (C=O) groups excluding carboxylic acids is 1. The zero-order valence-electron chi connectivity index (χ0n) is 14.2. The quantitative estimate of drug-likeness (QED) is 0.771. The van der Waals surface area contributed by atoms with Gasteiger partial charge in [0.15, 0.2) is 0 Å². The van der Waals surface area contributed by atoms with E-state index in [1.807, 2.05) is 6.07 Å². The van der Waals surface area contributed by atoms with Gasteiger partial charge in [-0.2, -0.15) is 0 Å². The highest BCUT2D eigenvalue weighted by Gasteiger charge is 2.30. The summed E-state index contributed by atoms with van der Waals surface area (Å²) in [6, 6.07) is 6.69. The van der Waals surface area contributed by atoms with Crippen molar-refractivity contribution in [2.45, 2.75) is 24.3 Å². The van der Waals surface area contributed by atoms with Crippen molar-refractivity contribution in [1.29, 1.82) is 0 Å². The molecular formula is C17H24N4O3S. The predicted octanol–water partition coefficient (Wildman–Crippen LogP) is 2.14. The monoisotopic (exact) mass is 364 g/mol. The normalized spacial score (nSPS) is 18.8. The molecule has 3 rings (SSSR count). The molecule has 4 N–H and O–H groups in total. The molecule has 1 aliphatic rings. The zero-order valence-corrected chi connectivity index (χ0v) is 15.0. The number of nitrogens with two attached hydrogens (primary N) is 1. The van der Waals surface area contributed by atoms with E-state index in [2.05, 4.69) is 4.98 Å². The average molecular weight is 364 g/mol. The van der Waals surface area contributed by atoms with E-state index in [-0.39, 0.29) is 5.91 Å². The highest BCUT2D eigenvalue weighted by Crippen LogP contribution is 2.54. The molecule has 1 aromatic heterocycles. The van der Waals surface area contributed by atoms with Crippen LogP contribution in [0.1, 0.15) is 13.3 Å². The van der Waals surface area contributed by atoms with E-state index in [0.29, 0.717) is 37.5 Å². The van der Waals surface area contributed by atoms with Crippen LogP contribution in [-0.4, -0.2) is 61.4 Å². The van der Waals surface area contributed by atoms with Crippen LogP contribution in [0, 0.1) is 0 Å². The number of benzene rings is 1. The number of carbonyl (C=O) groups is 1. The van der Waals surface area contributed by atoms with Gasteiger partial charge >= 0.3 is 0 Å². The third kappa shape index (κ3) is 3.63. The topological polar surface area (TPSA) is 103 Å². The molecule has 1 atom stereocenters. The van der Waals surface area contributed by atoms with Gasteiger partial charge in [0.25, 0.3) is 0 Å². The standard InChI is InChI=1S/C17H24N4O3S/c1-13(18)17(22)20-8-3-9-21(11-10-20)25(23,24)16-5-2-4-14-12-19-7-6-15(14)16/h2,4-7,12-13,23-24H,3,8-11,18H2,1H3/t13-/m0/s1. The Morgan fingerprint density at radius 3 is 2.80 bits per heavy atom. The lowest BCUT2D eigenvalue weighted by molar-refractivity contribution is -0.132. The van der Waals surface area contributed by atoms with E-state index in [9.17, 15) is 13.9 Å². The fourth-order valence-electron chi connectivity index (χ4n) is 3.13. The largest absolute Gasteiger partial charge is 0.340 e. The highest BCUT2D eigenvalue weighted by atomic mass is 32.3. The first-order valence-electron chi connectivity index (χ1n) is 8.31. The van der Waals surface area contributed by atoms with Crippen LogP contribution in [0.2, 0.25) is 0 Å². The van der Waals surface area contributed by atoms with Crippen LogP contribution in [0.3, 0.4) is 0 Å². The highest BCUT2D eigenvalue weighted by molar-refractivity contribution is 8.22. The van der Waals surface area contributed by atoms with Gasteiger partial charge in [-0.25, -0.2) is 4.31 Å². The molecule has 0 spiro atoms. The number of nitrogens with zero attached hydrogens (tertiary/aromatic N) is 3. The molecule has 1 amide bonds. The molecule has 0 radical (unpaired) electrons. The average Bonchev–Trinajstić information content (AvgIpc) is 2.87. The summed E-state index contributed by atoms with van der Waals surface area (Å²) in [7, 11) is -3.15. The lowest BCUT2D eigenvalue weighted by Crippen LogP contribution is -2.43. The van der Waals surface area contributed by atoms with Gasteiger partial charge in [-0.15, -0.1) is 10.8 Å². The molecule has 0 aliphatic carbocycles. The van der Waals surface area contributed by atoms with Crippen molar-refractivity contribution >= 4 is 27.5 Å². The minimum absolute atomic E-state index is 0.102. The van der Waals surface area contributed by atoms with E-state index in [0.717, 1.165) is 10.8 Å². The maximum atomic E-state index is 12.1. The number of hydrogen-bond acceptors (Lipinski definition) is 6. The third-order valence-electron chi connectivity index (χ3n) is 4.45. The van der Waals surface area contributed by atoms with E-state index >= 15 is 0 Å². The summed E-state index contributed by atoms with van der Waals surface area (Å²) in [5.41, 5.74) is 5.69. The first kappa shape index (κ1) is 18.1. The van der Waals surface area contributed by atoms with Crippen molar-refractivity contribution in [3.63, 3.8) is 0 Å². The van der Waals surface area contributed by atoms with E-state index in [1.165, 1.54) is 0 Å². The van der Waals surface area contributed by atoms with E-state index < -0.39 is 16.8 Å². The Hall–Kier alpha value is -1.71. The Bertz CT molecular complexity index is 763. The second-order valence-electron chi connectivity index (χ2n) is 6.27. The van der Waals surface area contributed by atoms with Crippen LogP contribution >= 0.6 is 10.8 Å². The van der Waals surface area contributed by atoms with Gasteiger partial charge in [0.1, 0.15) is 0 Å². The van der Waals surface area contributed by atoms with Gasteiger partial charge in [-0.3, -0.25) is 18.9 Å². The maximum Gasteiger partial charge on any atom is 0.239 e. The van der Waals surface area contributed by atoms with Gasteiger partial charge in [0.2, 0.25) is 5.91 Å². The number of fused-ring (bicyclic) bond motifs is 1. The number of pyridine rings is 1. The van der Waals surface area contributed by atoms with Crippen LogP contribution in [0.25, 0.3) is 10.8 Å². The van der Waals surface area contributed by atoms with Crippen molar-refractivity contribution in [3.8, 4) is 0 Å². The predicted molar refractivity (Wildman–Crippen MR) is 99.3 cm³/mol.